The summed E-state index contributed by atoms with van der Waals surface area (Å²) < 4.78 is 5.81. The molecule has 0 aromatic heterocycles. The Bertz CT molecular complexity index is 475. The highest BCUT2D eigenvalue weighted by Gasteiger charge is 2.23. The highest BCUT2D eigenvalue weighted by molar-refractivity contribution is 6.30. The Labute approximate surface area is 125 Å². The summed E-state index contributed by atoms with van der Waals surface area (Å²) in [7, 11) is 0. The molecule has 1 heterocycles. The molecule has 1 N–H and O–H groups in total. The summed E-state index contributed by atoms with van der Waals surface area (Å²) in [6.45, 7) is 6.50. The van der Waals surface area contributed by atoms with Gasteiger partial charge in [-0.05, 0) is 37.6 Å². The van der Waals surface area contributed by atoms with E-state index in [0.717, 1.165) is 35.8 Å². The number of carbonyl (C=O) groups is 1. The summed E-state index contributed by atoms with van der Waals surface area (Å²) in [5.41, 5.74) is 1.14. The van der Waals surface area contributed by atoms with E-state index in [-0.39, 0.29) is 12.0 Å². The SMILES string of the molecule is CCN(CC)C(=O)CNCC1Cc2cc(Cl)ccc2O1. The Morgan fingerprint density at radius 2 is 2.20 bits per heavy atom. The van der Waals surface area contributed by atoms with Gasteiger partial charge in [-0.1, -0.05) is 11.6 Å². The van der Waals surface area contributed by atoms with Crippen LogP contribution in [0.25, 0.3) is 0 Å². The quantitative estimate of drug-likeness (QED) is 0.874. The van der Waals surface area contributed by atoms with Gasteiger partial charge in [0.2, 0.25) is 5.91 Å². The summed E-state index contributed by atoms with van der Waals surface area (Å²) in [6, 6.07) is 5.68. The zero-order valence-corrected chi connectivity index (χ0v) is 12.7. The predicted octanol–water partition coefficient (Wildman–Crippen LogP) is 2.10. The van der Waals surface area contributed by atoms with Crippen molar-refractivity contribution in [3.05, 3.63) is 28.8 Å². The second-order valence-corrected chi connectivity index (χ2v) is 5.33. The van der Waals surface area contributed by atoms with Crippen molar-refractivity contribution in [3.63, 3.8) is 0 Å². The third kappa shape index (κ3) is 3.64. The maximum Gasteiger partial charge on any atom is 0.236 e. The van der Waals surface area contributed by atoms with E-state index in [9.17, 15) is 4.79 Å². The number of hydrogen-bond acceptors (Lipinski definition) is 3. The molecule has 2 rings (SSSR count). The molecule has 1 aliphatic rings. The first-order valence-electron chi connectivity index (χ1n) is 7.07. The number of hydrogen-bond donors (Lipinski definition) is 1. The third-order valence-electron chi connectivity index (χ3n) is 3.53. The van der Waals surface area contributed by atoms with Gasteiger partial charge in [0.25, 0.3) is 0 Å². The van der Waals surface area contributed by atoms with Crippen molar-refractivity contribution in [2.24, 2.45) is 0 Å². The number of ether oxygens (including phenoxy) is 1. The number of nitrogens with zero attached hydrogens (tertiary/aromatic N) is 1. The number of amides is 1. The van der Waals surface area contributed by atoms with Crippen molar-refractivity contribution in [2.75, 3.05) is 26.2 Å². The van der Waals surface area contributed by atoms with Crippen LogP contribution in [0.3, 0.4) is 0 Å². The Hall–Kier alpha value is -1.26. The van der Waals surface area contributed by atoms with Gasteiger partial charge < -0.3 is 15.0 Å². The topological polar surface area (TPSA) is 41.6 Å². The number of rotatable bonds is 6. The highest BCUT2D eigenvalue weighted by atomic mass is 35.5. The fourth-order valence-corrected chi connectivity index (χ4v) is 2.63. The van der Waals surface area contributed by atoms with E-state index >= 15 is 0 Å². The van der Waals surface area contributed by atoms with Crippen molar-refractivity contribution in [1.29, 1.82) is 0 Å². The van der Waals surface area contributed by atoms with Crippen LogP contribution in [0, 0.1) is 0 Å². The zero-order valence-electron chi connectivity index (χ0n) is 12.0. The Kier molecular flexibility index (Phi) is 5.26. The molecule has 1 aliphatic heterocycles. The molecular weight excluding hydrogens is 276 g/mol. The highest BCUT2D eigenvalue weighted by Crippen LogP contribution is 2.30. The number of likely N-dealkylation sites (N-methyl/N-ethyl adjacent to an activating group) is 1. The normalized spacial score (nSPS) is 16.6. The van der Waals surface area contributed by atoms with Crippen LogP contribution in [0.15, 0.2) is 18.2 Å². The largest absolute Gasteiger partial charge is 0.488 e. The molecule has 0 saturated heterocycles. The Morgan fingerprint density at radius 1 is 1.45 bits per heavy atom. The maximum atomic E-state index is 11.8. The lowest BCUT2D eigenvalue weighted by atomic mass is 10.1. The van der Waals surface area contributed by atoms with Gasteiger partial charge in [0.05, 0.1) is 6.54 Å². The van der Waals surface area contributed by atoms with Gasteiger partial charge in [-0.3, -0.25) is 4.79 Å². The molecular formula is C15H21ClN2O2. The number of carbonyl (C=O) groups excluding carboxylic acids is 1. The minimum atomic E-state index is 0.0768. The molecule has 4 nitrogen and oxygen atoms in total. The van der Waals surface area contributed by atoms with Crippen molar-refractivity contribution in [2.45, 2.75) is 26.4 Å². The lowest BCUT2D eigenvalue weighted by Crippen LogP contribution is -2.40. The molecule has 0 spiro atoms. The molecule has 5 heteroatoms. The average Bonchev–Trinajstić information content (AvgIpc) is 2.82. The van der Waals surface area contributed by atoms with Crippen LogP contribution in [-0.4, -0.2) is 43.1 Å². The van der Waals surface area contributed by atoms with E-state index in [1.807, 2.05) is 36.9 Å². The number of fused-ring (bicyclic) bond motifs is 1. The van der Waals surface area contributed by atoms with Crippen LogP contribution in [0.2, 0.25) is 5.02 Å². The van der Waals surface area contributed by atoms with Crippen LogP contribution in [0.1, 0.15) is 19.4 Å². The Morgan fingerprint density at radius 3 is 2.90 bits per heavy atom. The van der Waals surface area contributed by atoms with Gasteiger partial charge in [0, 0.05) is 31.1 Å². The van der Waals surface area contributed by atoms with Crippen LogP contribution in [0.5, 0.6) is 5.75 Å². The lowest BCUT2D eigenvalue weighted by molar-refractivity contribution is -0.129. The molecule has 1 aromatic rings. The molecule has 1 atom stereocenters. The standard InChI is InChI=1S/C15H21ClN2O2/c1-3-18(4-2)15(19)10-17-9-13-8-11-7-12(16)5-6-14(11)20-13/h5-7,13,17H,3-4,8-10H2,1-2H3. The van der Waals surface area contributed by atoms with Gasteiger partial charge in [-0.2, -0.15) is 0 Å². The fraction of sp³-hybridized carbons (Fsp3) is 0.533. The van der Waals surface area contributed by atoms with Gasteiger partial charge in [0.15, 0.2) is 0 Å². The molecule has 0 fully saturated rings. The number of halogens is 1. The minimum absolute atomic E-state index is 0.0768. The first kappa shape index (κ1) is 15.1. The number of nitrogens with one attached hydrogen (secondary N) is 1. The fourth-order valence-electron chi connectivity index (χ4n) is 2.43. The summed E-state index contributed by atoms with van der Waals surface area (Å²) >= 11 is 5.96. The summed E-state index contributed by atoms with van der Waals surface area (Å²) in [4.78, 5) is 13.7. The Balaban J connectivity index is 1.76. The molecule has 1 amide bonds. The zero-order chi connectivity index (χ0) is 14.5. The van der Waals surface area contributed by atoms with E-state index < -0.39 is 0 Å². The van der Waals surface area contributed by atoms with Crippen molar-refractivity contribution < 1.29 is 9.53 Å². The van der Waals surface area contributed by atoms with Crippen molar-refractivity contribution in [3.8, 4) is 5.75 Å². The molecule has 110 valence electrons. The predicted molar refractivity (Wildman–Crippen MR) is 80.4 cm³/mol. The van der Waals surface area contributed by atoms with E-state index in [4.69, 9.17) is 16.3 Å². The van der Waals surface area contributed by atoms with Gasteiger partial charge in [-0.15, -0.1) is 0 Å². The lowest BCUT2D eigenvalue weighted by Gasteiger charge is -2.19. The second-order valence-electron chi connectivity index (χ2n) is 4.89. The molecule has 1 aromatic carbocycles. The van der Waals surface area contributed by atoms with Crippen LogP contribution >= 0.6 is 11.6 Å². The van der Waals surface area contributed by atoms with Crippen molar-refractivity contribution >= 4 is 17.5 Å². The van der Waals surface area contributed by atoms with Gasteiger partial charge >= 0.3 is 0 Å². The van der Waals surface area contributed by atoms with Crippen molar-refractivity contribution in [1.82, 2.24) is 10.2 Å². The maximum absolute atomic E-state index is 11.8. The second kappa shape index (κ2) is 6.95. The first-order valence-corrected chi connectivity index (χ1v) is 7.45. The van der Waals surface area contributed by atoms with E-state index in [1.54, 1.807) is 0 Å². The number of benzene rings is 1. The van der Waals surface area contributed by atoms with Crippen LogP contribution < -0.4 is 10.1 Å². The molecule has 0 bridgehead atoms. The monoisotopic (exact) mass is 296 g/mol. The molecule has 0 aliphatic carbocycles. The van der Waals surface area contributed by atoms with Crippen LogP contribution in [0.4, 0.5) is 0 Å². The summed E-state index contributed by atoms with van der Waals surface area (Å²) in [5.74, 6) is 1.03. The summed E-state index contributed by atoms with van der Waals surface area (Å²) in [6.07, 6.45) is 0.912. The van der Waals surface area contributed by atoms with Gasteiger partial charge in [-0.25, -0.2) is 0 Å². The van der Waals surface area contributed by atoms with Gasteiger partial charge in [0.1, 0.15) is 11.9 Å². The average molecular weight is 297 g/mol. The first-order chi connectivity index (χ1) is 9.63. The van der Waals surface area contributed by atoms with E-state index in [1.165, 1.54) is 0 Å². The molecule has 1 unspecified atom stereocenters. The molecule has 0 radical (unpaired) electrons. The third-order valence-corrected chi connectivity index (χ3v) is 3.76. The van der Waals surface area contributed by atoms with E-state index in [0.29, 0.717) is 13.1 Å². The minimum Gasteiger partial charge on any atom is -0.488 e. The molecule has 20 heavy (non-hydrogen) atoms. The van der Waals surface area contributed by atoms with Crippen LogP contribution in [-0.2, 0) is 11.2 Å². The summed E-state index contributed by atoms with van der Waals surface area (Å²) in [5, 5.41) is 3.91. The molecule has 0 saturated carbocycles. The smallest absolute Gasteiger partial charge is 0.236 e. The van der Waals surface area contributed by atoms with E-state index in [2.05, 4.69) is 5.32 Å².